The van der Waals surface area contributed by atoms with Gasteiger partial charge in [-0.1, -0.05) is 19.0 Å². The molecular weight excluding hydrogens is 248 g/mol. The van der Waals surface area contributed by atoms with Gasteiger partial charge in [-0.15, -0.1) is 0 Å². The van der Waals surface area contributed by atoms with Gasteiger partial charge in [0.25, 0.3) is 5.89 Å². The first-order valence-corrected chi connectivity index (χ1v) is 6.66. The molecular formula is C12H14N4OS. The van der Waals surface area contributed by atoms with Gasteiger partial charge in [0.1, 0.15) is 11.8 Å². The molecule has 0 spiro atoms. The minimum absolute atomic E-state index is 0.457. The van der Waals surface area contributed by atoms with E-state index in [1.807, 2.05) is 11.6 Å². The van der Waals surface area contributed by atoms with E-state index in [2.05, 4.69) is 30.1 Å². The highest BCUT2D eigenvalue weighted by atomic mass is 32.2. The first-order chi connectivity index (χ1) is 8.60. The number of aromatic nitrogens is 3. The SMILES string of the molecule is CC(C)SCc1noc(-c2cc(C#N)cn2C)n1. The van der Waals surface area contributed by atoms with Crippen LogP contribution in [-0.2, 0) is 12.8 Å². The zero-order valence-corrected chi connectivity index (χ0v) is 11.4. The normalized spacial score (nSPS) is 10.8. The molecule has 2 aromatic rings. The molecule has 0 aliphatic heterocycles. The molecule has 0 aliphatic carbocycles. The lowest BCUT2D eigenvalue weighted by molar-refractivity contribution is 0.422. The van der Waals surface area contributed by atoms with Gasteiger partial charge in [-0.2, -0.15) is 22.0 Å². The van der Waals surface area contributed by atoms with E-state index in [1.54, 1.807) is 24.0 Å². The van der Waals surface area contributed by atoms with Gasteiger partial charge in [0.15, 0.2) is 5.82 Å². The Labute approximate surface area is 110 Å². The minimum atomic E-state index is 0.457. The Hall–Kier alpha value is -1.74. The summed E-state index contributed by atoms with van der Waals surface area (Å²) in [6, 6.07) is 3.83. The van der Waals surface area contributed by atoms with Gasteiger partial charge in [0.2, 0.25) is 0 Å². The lowest BCUT2D eigenvalue weighted by Crippen LogP contribution is -1.92. The number of thioether (sulfide) groups is 1. The molecule has 0 saturated heterocycles. The molecule has 6 heteroatoms. The molecule has 0 aliphatic rings. The molecule has 0 unspecified atom stereocenters. The summed E-state index contributed by atoms with van der Waals surface area (Å²) >= 11 is 1.76. The van der Waals surface area contributed by atoms with Gasteiger partial charge >= 0.3 is 0 Å². The molecule has 0 aromatic carbocycles. The molecule has 0 saturated carbocycles. The monoisotopic (exact) mass is 262 g/mol. The summed E-state index contributed by atoms with van der Waals surface area (Å²) < 4.78 is 7.03. The van der Waals surface area contributed by atoms with E-state index in [-0.39, 0.29) is 0 Å². The van der Waals surface area contributed by atoms with E-state index in [4.69, 9.17) is 9.78 Å². The van der Waals surface area contributed by atoms with Crippen molar-refractivity contribution >= 4 is 11.8 Å². The quantitative estimate of drug-likeness (QED) is 0.847. The topological polar surface area (TPSA) is 67.6 Å². The molecule has 0 bridgehead atoms. The van der Waals surface area contributed by atoms with Gasteiger partial charge < -0.3 is 9.09 Å². The molecule has 2 aromatic heterocycles. The van der Waals surface area contributed by atoms with Crippen molar-refractivity contribution < 1.29 is 4.52 Å². The highest BCUT2D eigenvalue weighted by Gasteiger charge is 2.13. The number of nitrogens with zero attached hydrogens (tertiary/aromatic N) is 4. The standard InChI is InChI=1S/C12H14N4OS/c1-8(2)18-7-11-14-12(17-15-11)10-4-9(5-13)6-16(10)3/h4,6,8H,7H2,1-3H3. The summed E-state index contributed by atoms with van der Waals surface area (Å²) in [5.74, 6) is 1.87. The molecule has 0 fully saturated rings. The highest BCUT2D eigenvalue weighted by molar-refractivity contribution is 7.99. The van der Waals surface area contributed by atoms with Gasteiger partial charge in [-0.05, 0) is 11.3 Å². The van der Waals surface area contributed by atoms with E-state index in [9.17, 15) is 0 Å². The molecule has 2 heterocycles. The third-order valence-corrected chi connectivity index (χ3v) is 3.46. The van der Waals surface area contributed by atoms with Crippen LogP contribution in [0.15, 0.2) is 16.8 Å². The molecule has 18 heavy (non-hydrogen) atoms. The summed E-state index contributed by atoms with van der Waals surface area (Å²) in [7, 11) is 1.85. The summed E-state index contributed by atoms with van der Waals surface area (Å²) in [6.07, 6.45) is 1.74. The molecule has 2 rings (SSSR count). The zero-order chi connectivity index (χ0) is 13.1. The maximum atomic E-state index is 8.84. The van der Waals surface area contributed by atoms with Gasteiger partial charge in [-0.25, -0.2) is 0 Å². The van der Waals surface area contributed by atoms with Crippen LogP contribution >= 0.6 is 11.8 Å². The lowest BCUT2D eigenvalue weighted by atomic mass is 10.3. The second-order valence-electron chi connectivity index (χ2n) is 4.21. The Morgan fingerprint density at radius 3 is 2.94 bits per heavy atom. The van der Waals surface area contributed by atoms with Crippen molar-refractivity contribution in [2.45, 2.75) is 24.9 Å². The van der Waals surface area contributed by atoms with Crippen molar-refractivity contribution in [2.24, 2.45) is 7.05 Å². The smallest absolute Gasteiger partial charge is 0.274 e. The molecule has 0 radical (unpaired) electrons. The largest absolute Gasteiger partial charge is 0.345 e. The van der Waals surface area contributed by atoms with Crippen molar-refractivity contribution in [3.63, 3.8) is 0 Å². The van der Waals surface area contributed by atoms with E-state index in [1.165, 1.54) is 0 Å². The lowest BCUT2D eigenvalue weighted by Gasteiger charge is -1.99. The van der Waals surface area contributed by atoms with Gasteiger partial charge in [0.05, 0.1) is 11.3 Å². The second kappa shape index (κ2) is 5.27. The highest BCUT2D eigenvalue weighted by Crippen LogP contribution is 2.21. The Kier molecular flexibility index (Phi) is 3.72. The van der Waals surface area contributed by atoms with Crippen molar-refractivity contribution in [3.05, 3.63) is 23.7 Å². The number of hydrogen-bond acceptors (Lipinski definition) is 5. The van der Waals surface area contributed by atoms with E-state index in [0.29, 0.717) is 22.5 Å². The van der Waals surface area contributed by atoms with Crippen LogP contribution in [0.25, 0.3) is 11.6 Å². The van der Waals surface area contributed by atoms with Crippen LogP contribution in [0.5, 0.6) is 0 Å². The van der Waals surface area contributed by atoms with Gasteiger partial charge in [-0.3, -0.25) is 0 Å². The molecule has 0 N–H and O–H groups in total. The zero-order valence-electron chi connectivity index (χ0n) is 10.5. The Balaban J connectivity index is 2.19. The fraction of sp³-hybridized carbons (Fsp3) is 0.417. The molecule has 94 valence electrons. The Bertz CT molecular complexity index is 579. The maximum Gasteiger partial charge on any atom is 0.274 e. The minimum Gasteiger partial charge on any atom is -0.345 e. The number of rotatable bonds is 4. The predicted octanol–water partition coefficient (Wildman–Crippen LogP) is 2.59. The summed E-state index contributed by atoms with van der Waals surface area (Å²) in [6.45, 7) is 4.25. The third-order valence-electron chi connectivity index (χ3n) is 2.37. The number of hydrogen-bond donors (Lipinski definition) is 0. The van der Waals surface area contributed by atoms with E-state index < -0.39 is 0 Å². The average Bonchev–Trinajstić information content (AvgIpc) is 2.92. The first kappa shape index (κ1) is 12.7. The average molecular weight is 262 g/mol. The van der Waals surface area contributed by atoms with Crippen LogP contribution in [0, 0.1) is 11.3 Å². The van der Waals surface area contributed by atoms with E-state index >= 15 is 0 Å². The van der Waals surface area contributed by atoms with Gasteiger partial charge in [0, 0.05) is 13.2 Å². The van der Waals surface area contributed by atoms with Crippen molar-refractivity contribution in [3.8, 4) is 17.7 Å². The van der Waals surface area contributed by atoms with Crippen molar-refractivity contribution in [1.29, 1.82) is 5.26 Å². The Morgan fingerprint density at radius 2 is 2.33 bits per heavy atom. The number of aryl methyl sites for hydroxylation is 1. The van der Waals surface area contributed by atoms with Crippen LogP contribution in [0.1, 0.15) is 25.2 Å². The first-order valence-electron chi connectivity index (χ1n) is 5.61. The van der Waals surface area contributed by atoms with Crippen molar-refractivity contribution in [2.75, 3.05) is 0 Å². The van der Waals surface area contributed by atoms with Crippen LogP contribution < -0.4 is 0 Å². The van der Waals surface area contributed by atoms with Crippen LogP contribution in [0.4, 0.5) is 0 Å². The maximum absolute atomic E-state index is 8.84. The predicted molar refractivity (Wildman–Crippen MR) is 69.9 cm³/mol. The summed E-state index contributed by atoms with van der Waals surface area (Å²) in [5.41, 5.74) is 1.35. The summed E-state index contributed by atoms with van der Waals surface area (Å²) in [4.78, 5) is 4.33. The fourth-order valence-corrected chi connectivity index (χ4v) is 2.10. The third kappa shape index (κ3) is 2.74. The van der Waals surface area contributed by atoms with Crippen molar-refractivity contribution in [1.82, 2.24) is 14.7 Å². The van der Waals surface area contributed by atoms with Crippen LogP contribution in [0.2, 0.25) is 0 Å². The molecule has 0 amide bonds. The van der Waals surface area contributed by atoms with Crippen LogP contribution in [0.3, 0.4) is 0 Å². The fourth-order valence-electron chi connectivity index (χ4n) is 1.50. The summed E-state index contributed by atoms with van der Waals surface area (Å²) in [5, 5.41) is 13.3. The molecule has 5 nitrogen and oxygen atoms in total. The number of nitriles is 1. The second-order valence-corrected chi connectivity index (χ2v) is 5.78. The van der Waals surface area contributed by atoms with Crippen LogP contribution in [-0.4, -0.2) is 20.0 Å². The van der Waals surface area contributed by atoms with E-state index in [0.717, 1.165) is 11.4 Å². The Morgan fingerprint density at radius 1 is 1.56 bits per heavy atom. The molecule has 0 atom stereocenters.